The lowest BCUT2D eigenvalue weighted by Gasteiger charge is -2.14. The molecule has 0 fully saturated rings. The molecule has 2 aromatic rings. The average Bonchev–Trinajstić information content (AvgIpc) is 2.38. The lowest BCUT2D eigenvalue weighted by molar-refractivity contribution is 0.0879. The second kappa shape index (κ2) is 6.02. The van der Waals surface area contributed by atoms with Crippen molar-refractivity contribution >= 4 is 5.78 Å². The molecule has 0 saturated heterocycles. The minimum Gasteiger partial charge on any atom is -0.388 e. The molecule has 104 valence electrons. The molecule has 0 bridgehead atoms. The third kappa shape index (κ3) is 3.14. The molecule has 0 heterocycles. The van der Waals surface area contributed by atoms with Gasteiger partial charge in [-0.1, -0.05) is 48.0 Å². The molecule has 0 aliphatic carbocycles. The van der Waals surface area contributed by atoms with Gasteiger partial charge < -0.3 is 5.11 Å². The SMILES string of the molecule is Cc1cc(C)c(C(=O)CC(O)c2ccccc2)c(C)c1. The molecule has 0 saturated carbocycles. The first kappa shape index (κ1) is 14.5. The van der Waals surface area contributed by atoms with Crippen molar-refractivity contribution in [1.82, 2.24) is 0 Å². The number of aryl methyl sites for hydroxylation is 3. The lowest BCUT2D eigenvalue weighted by atomic mass is 9.93. The van der Waals surface area contributed by atoms with Gasteiger partial charge in [-0.2, -0.15) is 0 Å². The third-order valence-corrected chi connectivity index (χ3v) is 3.52. The molecule has 2 nitrogen and oxygen atoms in total. The van der Waals surface area contributed by atoms with Crippen molar-refractivity contribution in [1.29, 1.82) is 0 Å². The Hall–Kier alpha value is -1.93. The second-order valence-corrected chi connectivity index (χ2v) is 5.33. The summed E-state index contributed by atoms with van der Waals surface area (Å²) >= 11 is 0. The summed E-state index contributed by atoms with van der Waals surface area (Å²) in [5, 5.41) is 10.2. The molecule has 2 rings (SSSR count). The van der Waals surface area contributed by atoms with E-state index in [-0.39, 0.29) is 12.2 Å². The van der Waals surface area contributed by atoms with Crippen LogP contribution in [0.4, 0.5) is 0 Å². The van der Waals surface area contributed by atoms with Gasteiger partial charge >= 0.3 is 0 Å². The molecular weight excluding hydrogens is 248 g/mol. The monoisotopic (exact) mass is 268 g/mol. The van der Waals surface area contributed by atoms with Crippen LogP contribution >= 0.6 is 0 Å². The zero-order chi connectivity index (χ0) is 14.7. The van der Waals surface area contributed by atoms with E-state index in [1.54, 1.807) is 0 Å². The summed E-state index contributed by atoms with van der Waals surface area (Å²) in [6.45, 7) is 5.91. The summed E-state index contributed by atoms with van der Waals surface area (Å²) in [5.74, 6) is -0.00338. The Kier molecular flexibility index (Phi) is 4.35. The van der Waals surface area contributed by atoms with E-state index in [2.05, 4.69) is 0 Å². The molecule has 1 N–H and O–H groups in total. The minimum atomic E-state index is -0.746. The Bertz CT molecular complexity index is 592. The molecular formula is C18H20O2. The van der Waals surface area contributed by atoms with Crippen LogP contribution in [0.15, 0.2) is 42.5 Å². The molecule has 0 radical (unpaired) electrons. The van der Waals surface area contributed by atoms with Gasteiger partial charge in [0.15, 0.2) is 5.78 Å². The Balaban J connectivity index is 2.21. The normalized spacial score (nSPS) is 12.2. The van der Waals surface area contributed by atoms with E-state index in [9.17, 15) is 9.90 Å². The topological polar surface area (TPSA) is 37.3 Å². The first-order chi connectivity index (χ1) is 9.49. The predicted octanol–water partition coefficient (Wildman–Crippen LogP) is 3.92. The zero-order valence-corrected chi connectivity index (χ0v) is 12.2. The van der Waals surface area contributed by atoms with Crippen LogP contribution < -0.4 is 0 Å². The molecule has 0 amide bonds. The molecule has 1 unspecified atom stereocenters. The van der Waals surface area contributed by atoms with E-state index in [1.165, 1.54) is 0 Å². The van der Waals surface area contributed by atoms with Crippen LogP contribution in [0, 0.1) is 20.8 Å². The fraction of sp³-hybridized carbons (Fsp3) is 0.278. The Morgan fingerprint density at radius 1 is 1.05 bits per heavy atom. The number of hydrogen-bond donors (Lipinski definition) is 1. The fourth-order valence-electron chi connectivity index (χ4n) is 2.69. The number of ketones is 1. The molecule has 20 heavy (non-hydrogen) atoms. The van der Waals surface area contributed by atoms with E-state index >= 15 is 0 Å². The zero-order valence-electron chi connectivity index (χ0n) is 12.2. The summed E-state index contributed by atoms with van der Waals surface area (Å²) in [4.78, 5) is 12.4. The van der Waals surface area contributed by atoms with E-state index in [1.807, 2.05) is 63.2 Å². The summed E-state index contributed by atoms with van der Waals surface area (Å²) < 4.78 is 0. The van der Waals surface area contributed by atoms with Crippen molar-refractivity contribution in [3.8, 4) is 0 Å². The van der Waals surface area contributed by atoms with Crippen LogP contribution in [-0.4, -0.2) is 10.9 Å². The second-order valence-electron chi connectivity index (χ2n) is 5.33. The van der Waals surface area contributed by atoms with Crippen LogP contribution in [-0.2, 0) is 0 Å². The maximum Gasteiger partial charge on any atom is 0.166 e. The van der Waals surface area contributed by atoms with Gasteiger partial charge in [0, 0.05) is 12.0 Å². The quantitative estimate of drug-likeness (QED) is 0.853. The van der Waals surface area contributed by atoms with Crippen molar-refractivity contribution in [2.75, 3.05) is 0 Å². The fourth-order valence-corrected chi connectivity index (χ4v) is 2.69. The highest BCUT2D eigenvalue weighted by atomic mass is 16.3. The lowest BCUT2D eigenvalue weighted by Crippen LogP contribution is -2.10. The van der Waals surface area contributed by atoms with Crippen LogP contribution in [0.2, 0.25) is 0 Å². The summed E-state index contributed by atoms with van der Waals surface area (Å²) in [6.07, 6.45) is -0.627. The van der Waals surface area contributed by atoms with Gasteiger partial charge in [-0.25, -0.2) is 0 Å². The van der Waals surface area contributed by atoms with E-state index in [0.29, 0.717) is 0 Å². The van der Waals surface area contributed by atoms with E-state index in [0.717, 1.165) is 27.8 Å². The standard InChI is InChI=1S/C18H20O2/c1-12-9-13(2)18(14(3)10-12)17(20)11-16(19)15-7-5-4-6-8-15/h4-10,16,19H,11H2,1-3H3. The number of Topliss-reactive ketones (excluding diaryl/α,β-unsaturated/α-hetero) is 1. The summed E-state index contributed by atoms with van der Waals surface area (Å²) in [6, 6.07) is 13.3. The number of carbonyl (C=O) groups is 1. The molecule has 0 aromatic heterocycles. The molecule has 0 aliphatic heterocycles. The highest BCUT2D eigenvalue weighted by molar-refractivity contribution is 5.99. The van der Waals surface area contributed by atoms with Gasteiger partial charge in [0.1, 0.15) is 0 Å². The van der Waals surface area contributed by atoms with Crippen molar-refractivity contribution in [3.63, 3.8) is 0 Å². The third-order valence-electron chi connectivity index (χ3n) is 3.52. The first-order valence-corrected chi connectivity index (χ1v) is 6.83. The maximum absolute atomic E-state index is 12.4. The van der Waals surface area contributed by atoms with Crippen molar-refractivity contribution in [2.24, 2.45) is 0 Å². The highest BCUT2D eigenvalue weighted by Gasteiger charge is 2.17. The summed E-state index contributed by atoms with van der Waals surface area (Å²) in [5.41, 5.74) is 4.63. The smallest absolute Gasteiger partial charge is 0.166 e. The highest BCUT2D eigenvalue weighted by Crippen LogP contribution is 2.23. The van der Waals surface area contributed by atoms with Crippen LogP contribution in [0.5, 0.6) is 0 Å². The number of hydrogen-bond acceptors (Lipinski definition) is 2. The van der Waals surface area contributed by atoms with Crippen molar-refractivity contribution < 1.29 is 9.90 Å². The number of aliphatic hydroxyl groups is 1. The van der Waals surface area contributed by atoms with E-state index in [4.69, 9.17) is 0 Å². The largest absolute Gasteiger partial charge is 0.388 e. The maximum atomic E-state index is 12.4. The molecule has 0 aliphatic rings. The Labute approximate surface area is 120 Å². The van der Waals surface area contributed by atoms with Gasteiger partial charge in [0.25, 0.3) is 0 Å². The number of carbonyl (C=O) groups excluding carboxylic acids is 1. The Morgan fingerprint density at radius 3 is 2.15 bits per heavy atom. The molecule has 2 heteroatoms. The Morgan fingerprint density at radius 2 is 1.60 bits per heavy atom. The van der Waals surface area contributed by atoms with Gasteiger partial charge in [-0.05, 0) is 37.5 Å². The van der Waals surface area contributed by atoms with E-state index < -0.39 is 6.10 Å². The number of benzene rings is 2. The number of rotatable bonds is 4. The molecule has 1 atom stereocenters. The van der Waals surface area contributed by atoms with Crippen LogP contribution in [0.1, 0.15) is 45.1 Å². The van der Waals surface area contributed by atoms with Gasteiger partial charge in [-0.3, -0.25) is 4.79 Å². The van der Waals surface area contributed by atoms with Gasteiger partial charge in [-0.15, -0.1) is 0 Å². The van der Waals surface area contributed by atoms with Crippen molar-refractivity contribution in [2.45, 2.75) is 33.3 Å². The minimum absolute atomic E-state index is 0.00338. The van der Waals surface area contributed by atoms with Gasteiger partial charge in [0.05, 0.1) is 6.10 Å². The van der Waals surface area contributed by atoms with Crippen molar-refractivity contribution in [3.05, 3.63) is 70.3 Å². The molecule has 0 spiro atoms. The van der Waals surface area contributed by atoms with Gasteiger partial charge in [0.2, 0.25) is 0 Å². The molecule has 2 aromatic carbocycles. The summed E-state index contributed by atoms with van der Waals surface area (Å²) in [7, 11) is 0. The van der Waals surface area contributed by atoms with Crippen LogP contribution in [0.3, 0.4) is 0 Å². The van der Waals surface area contributed by atoms with Crippen LogP contribution in [0.25, 0.3) is 0 Å². The predicted molar refractivity (Wildman–Crippen MR) is 81.0 cm³/mol. The number of aliphatic hydroxyl groups excluding tert-OH is 1. The average molecular weight is 268 g/mol. The first-order valence-electron chi connectivity index (χ1n) is 6.83.